The van der Waals surface area contributed by atoms with E-state index in [1.807, 2.05) is 51.9 Å². The Morgan fingerprint density at radius 2 is 1.05 bits per heavy atom. The molecule has 0 unspecified atom stereocenters. The van der Waals surface area contributed by atoms with Gasteiger partial charge < -0.3 is 48.6 Å². The van der Waals surface area contributed by atoms with Crippen molar-refractivity contribution in [3.05, 3.63) is 84.9 Å². The van der Waals surface area contributed by atoms with E-state index >= 15 is 0 Å². The van der Waals surface area contributed by atoms with E-state index in [9.17, 15) is 18.0 Å². The summed E-state index contributed by atoms with van der Waals surface area (Å²) in [6, 6.07) is 29.5. The van der Waals surface area contributed by atoms with Gasteiger partial charge in [0.25, 0.3) is 0 Å². The molecule has 1 N–H and O–H groups in total. The molecule has 6 aromatic rings. The van der Waals surface area contributed by atoms with Crippen LogP contribution in [-0.4, -0.2) is 180 Å². The molecule has 10 rings (SSSR count). The Kier molecular flexibility index (Phi) is 20.9. The van der Waals surface area contributed by atoms with E-state index in [0.717, 1.165) is 166 Å². The average molecular weight is 1130 g/mol. The number of alkyl halides is 3. The van der Waals surface area contributed by atoms with Gasteiger partial charge in [0.05, 0.1) is 32.6 Å². The lowest BCUT2D eigenvalue weighted by atomic mass is 9.92. The number of hydrogen-bond donors (Lipinski definition) is 1. The molecule has 0 radical (unpaired) electrons. The lowest BCUT2D eigenvalue weighted by molar-refractivity contribution is -0.156. The predicted molar refractivity (Wildman–Crippen MR) is 310 cm³/mol. The third kappa shape index (κ3) is 18.2. The summed E-state index contributed by atoms with van der Waals surface area (Å²) in [6.07, 6.45) is 1.11. The smallest absolute Gasteiger partial charge is 0.446 e. The van der Waals surface area contributed by atoms with Gasteiger partial charge in [-0.25, -0.2) is 14.8 Å². The number of piperazine rings is 2. The minimum Gasteiger partial charge on any atom is -0.490 e. The molecule has 2 aliphatic heterocycles. The van der Waals surface area contributed by atoms with Crippen LogP contribution >= 0.6 is 22.7 Å². The lowest BCUT2D eigenvalue weighted by Crippen LogP contribution is -2.50. The molecule has 4 heterocycles. The van der Waals surface area contributed by atoms with E-state index in [2.05, 4.69) is 112 Å². The van der Waals surface area contributed by atoms with Crippen LogP contribution in [0.4, 0.5) is 29.3 Å². The number of rotatable bonds is 18. The van der Waals surface area contributed by atoms with Crippen molar-refractivity contribution in [1.82, 2.24) is 30.0 Å². The van der Waals surface area contributed by atoms with Gasteiger partial charge >= 0.3 is 12.3 Å². The highest BCUT2D eigenvalue weighted by atomic mass is 32.1. The van der Waals surface area contributed by atoms with Gasteiger partial charge in [-0.15, -0.1) is 22.7 Å². The topological polar surface area (TPSA) is 134 Å². The zero-order valence-electron chi connectivity index (χ0n) is 46.6. The highest BCUT2D eigenvalue weighted by Crippen LogP contribution is 2.37. The number of carbonyl (C=O) groups excluding carboxylic acids is 2. The summed E-state index contributed by atoms with van der Waals surface area (Å²) in [6.45, 7) is 17.2. The fourth-order valence-corrected chi connectivity index (χ4v) is 11.4. The zero-order chi connectivity index (χ0) is 56.1. The Morgan fingerprint density at radius 1 is 0.633 bits per heavy atom. The normalized spacial score (nSPS) is 19.7. The number of hydrogen-bond acceptors (Lipinski definition) is 16. The number of halogens is 3. The van der Waals surface area contributed by atoms with Crippen LogP contribution in [0.15, 0.2) is 84.9 Å². The second-order valence-corrected chi connectivity index (χ2v) is 23.9. The lowest BCUT2D eigenvalue weighted by Gasteiger charge is -2.36. The number of nitrogens with one attached hydrogen (secondary N) is 1. The van der Waals surface area contributed by atoms with E-state index in [0.29, 0.717) is 6.10 Å². The van der Waals surface area contributed by atoms with Gasteiger partial charge in [-0.1, -0.05) is 0 Å². The quantitative estimate of drug-likeness (QED) is 0.0646. The maximum Gasteiger partial charge on any atom is 0.446 e. The summed E-state index contributed by atoms with van der Waals surface area (Å²) in [5.74, 6) is 1.84. The van der Waals surface area contributed by atoms with Crippen LogP contribution < -0.4 is 24.6 Å². The minimum absolute atomic E-state index is 0.203. The van der Waals surface area contributed by atoms with Crippen LogP contribution in [-0.2, 0) is 19.0 Å². The first-order valence-corrected chi connectivity index (χ1v) is 29.1. The molecule has 4 aromatic carbocycles. The van der Waals surface area contributed by atoms with E-state index in [1.165, 1.54) is 16.1 Å². The van der Waals surface area contributed by atoms with Gasteiger partial charge in [0, 0.05) is 155 Å². The van der Waals surface area contributed by atoms with Crippen molar-refractivity contribution in [3.63, 3.8) is 0 Å². The number of anilines is 2. The zero-order valence-corrected chi connectivity index (χ0v) is 48.3. The van der Waals surface area contributed by atoms with Gasteiger partial charge in [0.15, 0.2) is 0 Å². The fraction of sp³-hybridized carbons (Fsp3) is 0.525. The summed E-state index contributed by atoms with van der Waals surface area (Å²) < 4.78 is 63.7. The Morgan fingerprint density at radius 3 is 1.44 bits per heavy atom. The Bertz CT molecular complexity index is 2850. The molecule has 20 heteroatoms. The first-order valence-electron chi connectivity index (χ1n) is 27.4. The van der Waals surface area contributed by atoms with Crippen LogP contribution in [0.5, 0.6) is 11.5 Å². The summed E-state index contributed by atoms with van der Waals surface area (Å²) in [7, 11) is 8.20. The molecular formula is C59H77F3N8O7S2. The van der Waals surface area contributed by atoms with Gasteiger partial charge in [-0.05, 0) is 119 Å². The molecule has 4 fully saturated rings. The number of carbonyl (C=O) groups is 2. The number of benzene rings is 4. The van der Waals surface area contributed by atoms with Gasteiger partial charge in [0.1, 0.15) is 39.3 Å². The maximum absolute atomic E-state index is 12.2. The number of amides is 1. The van der Waals surface area contributed by atoms with Crippen molar-refractivity contribution in [3.8, 4) is 32.6 Å². The molecule has 0 spiro atoms. The van der Waals surface area contributed by atoms with E-state index in [4.69, 9.17) is 38.4 Å². The van der Waals surface area contributed by atoms with Gasteiger partial charge in [0.2, 0.25) is 6.29 Å². The molecule has 15 nitrogen and oxygen atoms in total. The summed E-state index contributed by atoms with van der Waals surface area (Å²) in [5, 5.41) is 5.47. The van der Waals surface area contributed by atoms with E-state index in [1.54, 1.807) is 22.7 Å². The van der Waals surface area contributed by atoms with Crippen molar-refractivity contribution >= 4 is 66.9 Å². The summed E-state index contributed by atoms with van der Waals surface area (Å²) >= 11 is 3.42. The highest BCUT2D eigenvalue weighted by molar-refractivity contribution is 7.22. The molecule has 79 heavy (non-hydrogen) atoms. The van der Waals surface area contributed by atoms with Crippen LogP contribution in [0.25, 0.3) is 41.6 Å². The van der Waals surface area contributed by atoms with Crippen molar-refractivity contribution < 1.29 is 46.4 Å². The van der Waals surface area contributed by atoms with Crippen LogP contribution in [0, 0.1) is 0 Å². The number of thiazole rings is 2. The predicted octanol–water partition coefficient (Wildman–Crippen LogP) is 10.9. The first-order chi connectivity index (χ1) is 37.8. The Hall–Kier alpha value is -5.61. The second kappa shape index (κ2) is 27.7. The van der Waals surface area contributed by atoms with Crippen molar-refractivity contribution in [1.29, 1.82) is 0 Å². The molecule has 428 valence electrons. The van der Waals surface area contributed by atoms with Crippen molar-refractivity contribution in [2.45, 2.75) is 95.5 Å². The molecule has 2 saturated carbocycles. The molecule has 4 aliphatic rings. The van der Waals surface area contributed by atoms with Crippen LogP contribution in [0.1, 0.15) is 59.3 Å². The highest BCUT2D eigenvalue weighted by Gasteiger charge is 2.33. The summed E-state index contributed by atoms with van der Waals surface area (Å²) in [5.41, 5.74) is 6.24. The monoisotopic (exact) mass is 1130 g/mol. The van der Waals surface area contributed by atoms with Gasteiger partial charge in [-0.2, -0.15) is 13.2 Å². The molecular weight excluding hydrogens is 1050 g/mol. The molecule has 0 bridgehead atoms. The third-order valence-electron chi connectivity index (χ3n) is 14.0. The standard InChI is InChI=1S/C31H42N4O4S.C26H34N4O2S.C2HF3O/c1-31(2,3)39-30(36)35-16-14-34(15-17-35)13-6-18-37-25-19-26(20-25)38-24-11-12-27-28(21-24)40-29(32-27)22-7-9-23(10-8-22)33(4)5;1-29(2)20-6-4-19(5-7-20)26-28-24-9-8-21(18-25(24)33-26)32-23-16-22(17-23)31-15-3-12-30-13-10-27-11-14-30;3-2(4,5)1-6/h7-12,21,25-26H,6,13-20H2,1-5H3;4-9,18,22-23,27H,3,10-17H2,1-2H3;1H. The Balaban J connectivity index is 0.000000191. The van der Waals surface area contributed by atoms with Crippen molar-refractivity contribution in [2.75, 3.05) is 117 Å². The number of fused-ring (bicyclic) bond motifs is 2. The minimum atomic E-state index is -4.64. The molecule has 2 aromatic heterocycles. The SMILES string of the molecule is CN(C)c1ccc(-c2nc3ccc(OC4CC(OCCCN5CCN(C(=O)OC(C)(C)C)CC5)C4)cc3s2)cc1.CN(C)c1ccc(-c2nc3ccc(OC4CC(OCCCN5CCNCC5)C4)cc3s2)cc1.O=CC(F)(F)F. The van der Waals surface area contributed by atoms with Gasteiger partial charge in [-0.3, -0.25) is 9.69 Å². The number of nitrogens with zero attached hydrogens (tertiary/aromatic N) is 7. The molecule has 0 atom stereocenters. The molecule has 1 amide bonds. The second-order valence-electron chi connectivity index (χ2n) is 21.9. The number of ether oxygens (including phenoxy) is 5. The molecule has 2 saturated heterocycles. The first kappa shape index (κ1) is 59.5. The number of aldehydes is 1. The third-order valence-corrected chi connectivity index (χ3v) is 16.1. The van der Waals surface area contributed by atoms with E-state index in [-0.39, 0.29) is 24.4 Å². The maximum atomic E-state index is 12.2. The Labute approximate surface area is 470 Å². The molecule has 2 aliphatic carbocycles. The van der Waals surface area contributed by atoms with Crippen LogP contribution in [0.2, 0.25) is 0 Å². The average Bonchev–Trinajstić information content (AvgIpc) is 4.08. The van der Waals surface area contributed by atoms with E-state index < -0.39 is 18.1 Å². The van der Waals surface area contributed by atoms with Crippen LogP contribution in [0.3, 0.4) is 0 Å². The fourth-order valence-electron chi connectivity index (χ4n) is 9.38. The van der Waals surface area contributed by atoms with Crippen molar-refractivity contribution in [2.24, 2.45) is 0 Å². The summed E-state index contributed by atoms with van der Waals surface area (Å²) in [4.78, 5) is 41.5. The largest absolute Gasteiger partial charge is 0.490 e. The number of aromatic nitrogens is 2.